The predicted molar refractivity (Wildman–Crippen MR) is 85.7 cm³/mol. The van der Waals surface area contributed by atoms with Gasteiger partial charge in [-0.25, -0.2) is 0 Å². The molecule has 1 amide bonds. The first-order chi connectivity index (χ1) is 10.1. The number of hydrogen-bond acceptors (Lipinski definition) is 3. The molecule has 1 aromatic heterocycles. The number of amides is 1. The Morgan fingerprint density at radius 3 is 3.00 bits per heavy atom. The molecule has 0 aliphatic carbocycles. The number of thioether (sulfide) groups is 1. The largest absolute Gasteiger partial charge is 0.310 e. The van der Waals surface area contributed by atoms with Crippen molar-refractivity contribution >= 4 is 23.4 Å². The summed E-state index contributed by atoms with van der Waals surface area (Å²) < 4.78 is 1.83. The van der Waals surface area contributed by atoms with Crippen molar-refractivity contribution in [3.8, 4) is 0 Å². The van der Waals surface area contributed by atoms with Crippen molar-refractivity contribution in [2.45, 2.75) is 37.0 Å². The van der Waals surface area contributed by atoms with Crippen molar-refractivity contribution in [2.75, 3.05) is 11.4 Å². The maximum absolute atomic E-state index is 12.6. The number of carbonyl (C=O) groups excluding carboxylic acids is 1. The van der Waals surface area contributed by atoms with E-state index in [2.05, 4.69) is 18.1 Å². The first kappa shape index (κ1) is 14.2. The molecule has 1 aliphatic rings. The van der Waals surface area contributed by atoms with Gasteiger partial charge in [-0.05, 0) is 24.6 Å². The second-order valence-corrected chi connectivity index (χ2v) is 6.91. The Labute approximate surface area is 129 Å². The summed E-state index contributed by atoms with van der Waals surface area (Å²) in [6, 6.07) is 8.14. The molecule has 5 heteroatoms. The molecule has 1 aliphatic heterocycles. The number of anilines is 1. The van der Waals surface area contributed by atoms with Gasteiger partial charge in [-0.15, -0.1) is 11.8 Å². The fraction of sp³-hybridized carbons (Fsp3) is 0.375. The van der Waals surface area contributed by atoms with Gasteiger partial charge in [-0.3, -0.25) is 9.48 Å². The van der Waals surface area contributed by atoms with Crippen LogP contribution in [0.15, 0.2) is 41.6 Å². The van der Waals surface area contributed by atoms with Crippen molar-refractivity contribution in [1.82, 2.24) is 9.78 Å². The van der Waals surface area contributed by atoms with Crippen LogP contribution < -0.4 is 4.90 Å². The second-order valence-electron chi connectivity index (χ2n) is 5.43. The summed E-state index contributed by atoms with van der Waals surface area (Å²) in [5, 5.41) is 4.66. The third-order valence-electron chi connectivity index (χ3n) is 3.54. The van der Waals surface area contributed by atoms with Gasteiger partial charge in [0.1, 0.15) is 0 Å². The predicted octanol–water partition coefficient (Wildman–Crippen LogP) is 3.11. The number of hydrogen-bond donors (Lipinski definition) is 0. The molecule has 110 valence electrons. The Bertz CT molecular complexity index is 652. The molecule has 21 heavy (non-hydrogen) atoms. The number of carbonyl (C=O) groups is 1. The van der Waals surface area contributed by atoms with Crippen molar-refractivity contribution in [3.63, 3.8) is 0 Å². The number of nitrogens with zero attached hydrogens (tertiary/aromatic N) is 3. The van der Waals surface area contributed by atoms with E-state index in [1.807, 2.05) is 58.9 Å². The highest BCUT2D eigenvalue weighted by Crippen LogP contribution is 2.38. The lowest BCUT2D eigenvalue weighted by atomic mass is 10.2. The maximum atomic E-state index is 12.6. The zero-order valence-corrected chi connectivity index (χ0v) is 13.1. The summed E-state index contributed by atoms with van der Waals surface area (Å²) in [7, 11) is 0. The van der Waals surface area contributed by atoms with Crippen molar-refractivity contribution in [1.29, 1.82) is 0 Å². The van der Waals surface area contributed by atoms with Crippen molar-refractivity contribution in [2.24, 2.45) is 0 Å². The summed E-state index contributed by atoms with van der Waals surface area (Å²) >= 11 is 1.84. The fourth-order valence-electron chi connectivity index (χ4n) is 2.56. The van der Waals surface area contributed by atoms with Crippen LogP contribution in [0.1, 0.15) is 18.9 Å². The van der Waals surface area contributed by atoms with Crippen LogP contribution in [0, 0.1) is 6.92 Å². The summed E-state index contributed by atoms with van der Waals surface area (Å²) in [6.45, 7) is 5.58. The van der Waals surface area contributed by atoms with Crippen LogP contribution in [-0.4, -0.2) is 27.5 Å². The smallest absolute Gasteiger partial charge is 0.228 e. The van der Waals surface area contributed by atoms with Gasteiger partial charge < -0.3 is 4.90 Å². The van der Waals surface area contributed by atoms with Crippen LogP contribution in [0.3, 0.4) is 0 Å². The van der Waals surface area contributed by atoms with Gasteiger partial charge in [0.05, 0.1) is 11.9 Å². The Kier molecular flexibility index (Phi) is 4.01. The second kappa shape index (κ2) is 5.93. The van der Waals surface area contributed by atoms with E-state index in [-0.39, 0.29) is 5.91 Å². The highest BCUT2D eigenvalue weighted by atomic mass is 32.2. The Hall–Kier alpha value is -1.75. The van der Waals surface area contributed by atoms with Crippen molar-refractivity contribution in [3.05, 3.63) is 42.2 Å². The highest BCUT2D eigenvalue weighted by Gasteiger charge is 2.26. The van der Waals surface area contributed by atoms with Crippen LogP contribution in [0.25, 0.3) is 0 Å². The molecule has 0 spiro atoms. The van der Waals surface area contributed by atoms with E-state index >= 15 is 0 Å². The van der Waals surface area contributed by atoms with Gasteiger partial charge in [0.2, 0.25) is 5.91 Å². The van der Waals surface area contributed by atoms with Gasteiger partial charge >= 0.3 is 0 Å². The maximum Gasteiger partial charge on any atom is 0.228 e. The van der Waals surface area contributed by atoms with Crippen LogP contribution in [0.5, 0.6) is 0 Å². The van der Waals surface area contributed by atoms with Crippen LogP contribution >= 0.6 is 11.8 Å². The fourth-order valence-corrected chi connectivity index (χ4v) is 3.67. The minimum absolute atomic E-state index is 0.169. The van der Waals surface area contributed by atoms with Gasteiger partial charge in [-0.1, -0.05) is 19.1 Å². The standard InChI is InChI=1S/C16H19N3OS/c1-12-9-17-18(10-12)8-7-16(20)19-11-13(2)21-15-6-4-3-5-14(15)19/h3-6,9-10,13H,7-8,11H2,1-2H3/t13-/m0/s1. The molecule has 2 heterocycles. The molecular weight excluding hydrogens is 282 g/mol. The monoisotopic (exact) mass is 301 g/mol. The van der Waals surface area contributed by atoms with Gasteiger partial charge in [0, 0.05) is 35.9 Å². The molecule has 0 saturated carbocycles. The third-order valence-corrected chi connectivity index (χ3v) is 4.69. The first-order valence-corrected chi connectivity index (χ1v) is 8.06. The summed E-state index contributed by atoms with van der Waals surface area (Å²) in [5.74, 6) is 0.169. The van der Waals surface area contributed by atoms with Gasteiger partial charge in [0.25, 0.3) is 0 Å². The quantitative estimate of drug-likeness (QED) is 0.874. The lowest BCUT2D eigenvalue weighted by molar-refractivity contribution is -0.118. The van der Waals surface area contributed by atoms with E-state index in [4.69, 9.17) is 0 Å². The molecule has 0 unspecified atom stereocenters. The zero-order valence-electron chi connectivity index (χ0n) is 12.3. The average Bonchev–Trinajstić information content (AvgIpc) is 2.89. The molecule has 0 bridgehead atoms. The van der Waals surface area contributed by atoms with E-state index < -0.39 is 0 Å². The number of fused-ring (bicyclic) bond motifs is 1. The summed E-state index contributed by atoms with van der Waals surface area (Å²) in [4.78, 5) is 15.7. The number of aryl methyl sites for hydroxylation is 2. The highest BCUT2D eigenvalue weighted by molar-refractivity contribution is 8.00. The van der Waals surface area contributed by atoms with Gasteiger partial charge in [-0.2, -0.15) is 5.10 Å². The molecule has 0 N–H and O–H groups in total. The molecule has 2 aromatic rings. The summed E-state index contributed by atoms with van der Waals surface area (Å²) in [6.07, 6.45) is 4.27. The third kappa shape index (κ3) is 3.13. The van der Waals surface area contributed by atoms with Crippen LogP contribution in [-0.2, 0) is 11.3 Å². The molecular formula is C16H19N3OS. The Morgan fingerprint density at radius 2 is 2.24 bits per heavy atom. The van der Waals surface area contributed by atoms with E-state index in [9.17, 15) is 4.79 Å². The molecule has 3 rings (SSSR count). The number of benzene rings is 1. The molecule has 0 radical (unpaired) electrons. The van der Waals surface area contributed by atoms with Gasteiger partial charge in [0.15, 0.2) is 0 Å². The summed E-state index contributed by atoms with van der Waals surface area (Å²) in [5.41, 5.74) is 2.16. The molecule has 0 fully saturated rings. The SMILES string of the molecule is Cc1cnn(CCC(=O)N2C[C@H](C)Sc3ccccc32)c1. The van der Waals surface area contributed by atoms with Crippen LogP contribution in [0.2, 0.25) is 0 Å². The minimum atomic E-state index is 0.169. The minimum Gasteiger partial charge on any atom is -0.310 e. The lowest BCUT2D eigenvalue weighted by Crippen LogP contribution is -2.38. The topological polar surface area (TPSA) is 38.1 Å². The van der Waals surface area contributed by atoms with E-state index in [1.165, 1.54) is 4.90 Å². The van der Waals surface area contributed by atoms with E-state index in [1.54, 1.807) is 0 Å². The molecule has 1 atom stereocenters. The first-order valence-electron chi connectivity index (χ1n) is 7.18. The molecule has 0 saturated heterocycles. The molecule has 1 aromatic carbocycles. The zero-order chi connectivity index (χ0) is 14.8. The van der Waals surface area contributed by atoms with Crippen molar-refractivity contribution < 1.29 is 4.79 Å². The number of rotatable bonds is 3. The van der Waals surface area contributed by atoms with Crippen LogP contribution in [0.4, 0.5) is 5.69 Å². The lowest BCUT2D eigenvalue weighted by Gasteiger charge is -2.32. The van der Waals surface area contributed by atoms with E-state index in [0.717, 1.165) is 17.8 Å². The Morgan fingerprint density at radius 1 is 1.43 bits per heavy atom. The van der Waals surface area contributed by atoms with E-state index in [0.29, 0.717) is 18.2 Å². The molecule has 4 nitrogen and oxygen atoms in total. The normalized spacial score (nSPS) is 17.6. The number of aromatic nitrogens is 2. The average molecular weight is 301 g/mol. The Balaban J connectivity index is 1.72. The number of para-hydroxylation sites is 1.